The van der Waals surface area contributed by atoms with Gasteiger partial charge in [-0.05, 0) is 24.3 Å². The van der Waals surface area contributed by atoms with Crippen molar-refractivity contribution in [2.45, 2.75) is 13.2 Å². The number of alkyl halides is 2. The Morgan fingerprint density at radius 2 is 1.77 bits per heavy atom. The van der Waals surface area contributed by atoms with Gasteiger partial charge in [0.1, 0.15) is 18.1 Å². The first kappa shape index (κ1) is 17.7. The highest BCUT2D eigenvalue weighted by atomic mass is 19.3. The first-order chi connectivity index (χ1) is 12.5. The van der Waals surface area contributed by atoms with Crippen LogP contribution in [0.4, 0.5) is 8.78 Å². The van der Waals surface area contributed by atoms with E-state index in [1.807, 2.05) is 0 Å². The predicted octanol–water partition coefficient (Wildman–Crippen LogP) is 3.81. The normalized spacial score (nSPS) is 11.0. The molecule has 0 aliphatic rings. The van der Waals surface area contributed by atoms with Crippen LogP contribution in [-0.2, 0) is 11.3 Å². The fourth-order valence-electron chi connectivity index (χ4n) is 2.55. The number of ether oxygens (including phenoxy) is 3. The van der Waals surface area contributed by atoms with E-state index in [-0.39, 0.29) is 16.9 Å². The molecule has 0 aliphatic carbocycles. The topological polar surface area (TPSA) is 62.6 Å². The molecule has 8 heteroatoms. The molecule has 3 aromatic rings. The summed E-state index contributed by atoms with van der Waals surface area (Å²) in [7, 11) is 2.91. The van der Waals surface area contributed by atoms with Gasteiger partial charge in [0.2, 0.25) is 0 Å². The SMILES string of the molecule is COc1cc(OC)cc(C(=O)OCc2nc3ccccc3n2C(F)F)c1. The molecule has 1 aromatic heterocycles. The molecule has 136 valence electrons. The highest BCUT2D eigenvalue weighted by Crippen LogP contribution is 2.25. The van der Waals surface area contributed by atoms with Crippen LogP contribution in [0.3, 0.4) is 0 Å². The van der Waals surface area contributed by atoms with Crippen molar-refractivity contribution in [3.8, 4) is 11.5 Å². The summed E-state index contributed by atoms with van der Waals surface area (Å²) in [5.41, 5.74) is 0.861. The summed E-state index contributed by atoms with van der Waals surface area (Å²) in [4.78, 5) is 16.4. The number of aromatic nitrogens is 2. The van der Waals surface area contributed by atoms with Gasteiger partial charge in [0.25, 0.3) is 0 Å². The van der Waals surface area contributed by atoms with Crippen LogP contribution in [0.2, 0.25) is 0 Å². The summed E-state index contributed by atoms with van der Waals surface area (Å²) in [5.74, 6) is 0.0896. The highest BCUT2D eigenvalue weighted by Gasteiger charge is 2.19. The largest absolute Gasteiger partial charge is 0.497 e. The number of imidazole rings is 1. The van der Waals surface area contributed by atoms with Crippen molar-refractivity contribution in [3.63, 3.8) is 0 Å². The molecule has 1 heterocycles. The number of hydrogen-bond donors (Lipinski definition) is 0. The number of carbonyl (C=O) groups excluding carboxylic acids is 1. The fraction of sp³-hybridized carbons (Fsp3) is 0.222. The molecule has 2 aromatic carbocycles. The molecule has 26 heavy (non-hydrogen) atoms. The van der Waals surface area contributed by atoms with E-state index in [2.05, 4.69) is 4.98 Å². The van der Waals surface area contributed by atoms with Gasteiger partial charge in [0.05, 0.1) is 30.8 Å². The van der Waals surface area contributed by atoms with Gasteiger partial charge >= 0.3 is 12.5 Å². The zero-order chi connectivity index (χ0) is 18.7. The Balaban J connectivity index is 1.84. The summed E-state index contributed by atoms with van der Waals surface area (Å²) in [6.45, 7) is -3.19. The lowest BCUT2D eigenvalue weighted by molar-refractivity contribution is 0.0387. The lowest BCUT2D eigenvalue weighted by Gasteiger charge is -2.10. The van der Waals surface area contributed by atoms with E-state index in [9.17, 15) is 13.6 Å². The maximum atomic E-state index is 13.4. The third-order valence-electron chi connectivity index (χ3n) is 3.78. The Kier molecular flexibility index (Phi) is 5.01. The van der Waals surface area contributed by atoms with Crippen LogP contribution in [0, 0.1) is 0 Å². The Morgan fingerprint density at radius 3 is 2.38 bits per heavy atom. The van der Waals surface area contributed by atoms with E-state index in [1.54, 1.807) is 24.3 Å². The van der Waals surface area contributed by atoms with E-state index >= 15 is 0 Å². The Bertz CT molecular complexity index is 918. The lowest BCUT2D eigenvalue weighted by atomic mass is 10.2. The second-order valence-corrected chi connectivity index (χ2v) is 5.34. The van der Waals surface area contributed by atoms with Crippen LogP contribution in [0.15, 0.2) is 42.5 Å². The van der Waals surface area contributed by atoms with Crippen LogP contribution in [0.25, 0.3) is 11.0 Å². The molecular formula is C18H16F2N2O4. The van der Waals surface area contributed by atoms with Crippen molar-refractivity contribution < 1.29 is 27.8 Å². The predicted molar refractivity (Wildman–Crippen MR) is 89.7 cm³/mol. The van der Waals surface area contributed by atoms with E-state index < -0.39 is 19.1 Å². The van der Waals surface area contributed by atoms with Gasteiger partial charge in [0.15, 0.2) is 5.82 Å². The summed E-state index contributed by atoms with van der Waals surface area (Å²) in [6, 6.07) is 11.0. The van der Waals surface area contributed by atoms with Gasteiger partial charge in [-0.2, -0.15) is 8.78 Å². The summed E-state index contributed by atoms with van der Waals surface area (Å²) < 4.78 is 42.9. The second kappa shape index (κ2) is 7.38. The minimum absolute atomic E-state index is 0.0376. The van der Waals surface area contributed by atoms with Gasteiger partial charge in [-0.25, -0.2) is 9.78 Å². The van der Waals surface area contributed by atoms with Crippen molar-refractivity contribution in [2.75, 3.05) is 14.2 Å². The average molecular weight is 362 g/mol. The van der Waals surface area contributed by atoms with Crippen LogP contribution < -0.4 is 9.47 Å². The Hall–Kier alpha value is -3.16. The van der Waals surface area contributed by atoms with Crippen molar-refractivity contribution in [1.82, 2.24) is 9.55 Å². The molecule has 0 saturated carbocycles. The Morgan fingerprint density at radius 1 is 1.12 bits per heavy atom. The highest BCUT2D eigenvalue weighted by molar-refractivity contribution is 5.90. The number of hydrogen-bond acceptors (Lipinski definition) is 5. The number of nitrogens with zero attached hydrogens (tertiary/aromatic N) is 2. The Labute approximate surface area is 147 Å². The first-order valence-electron chi connectivity index (χ1n) is 7.67. The molecule has 0 bridgehead atoms. The number of para-hydroxylation sites is 2. The van der Waals surface area contributed by atoms with Crippen LogP contribution in [0.5, 0.6) is 11.5 Å². The molecule has 0 unspecified atom stereocenters. The number of halogens is 2. The number of esters is 1. The smallest absolute Gasteiger partial charge is 0.338 e. The third-order valence-corrected chi connectivity index (χ3v) is 3.78. The van der Waals surface area contributed by atoms with E-state index in [0.29, 0.717) is 17.0 Å². The molecule has 0 saturated heterocycles. The van der Waals surface area contributed by atoms with Crippen molar-refractivity contribution in [1.29, 1.82) is 0 Å². The van der Waals surface area contributed by atoms with Crippen molar-refractivity contribution in [3.05, 3.63) is 53.9 Å². The standard InChI is InChI=1S/C18H16F2N2O4/c1-24-12-7-11(8-13(9-12)25-2)17(23)26-10-16-21-14-5-3-4-6-15(14)22(16)18(19)20/h3-9,18H,10H2,1-2H3. The molecular weight excluding hydrogens is 346 g/mol. The van der Waals surface area contributed by atoms with Gasteiger partial charge in [-0.15, -0.1) is 0 Å². The maximum absolute atomic E-state index is 13.4. The molecule has 0 radical (unpaired) electrons. The number of methoxy groups -OCH3 is 2. The monoisotopic (exact) mass is 362 g/mol. The fourth-order valence-corrected chi connectivity index (χ4v) is 2.55. The minimum atomic E-state index is -2.80. The number of benzene rings is 2. The number of fused-ring (bicyclic) bond motifs is 1. The lowest BCUT2D eigenvalue weighted by Crippen LogP contribution is -2.11. The van der Waals surface area contributed by atoms with E-state index in [1.165, 1.54) is 32.4 Å². The van der Waals surface area contributed by atoms with E-state index in [0.717, 1.165) is 4.57 Å². The molecule has 0 amide bonds. The first-order valence-corrected chi connectivity index (χ1v) is 7.67. The molecule has 0 aliphatic heterocycles. The molecule has 3 rings (SSSR count). The van der Waals surface area contributed by atoms with Crippen LogP contribution in [-0.4, -0.2) is 29.7 Å². The van der Waals surface area contributed by atoms with Crippen LogP contribution in [0.1, 0.15) is 22.7 Å². The molecule has 0 fully saturated rings. The van der Waals surface area contributed by atoms with E-state index in [4.69, 9.17) is 14.2 Å². The molecule has 0 spiro atoms. The zero-order valence-corrected chi connectivity index (χ0v) is 14.1. The number of rotatable bonds is 6. The summed E-state index contributed by atoms with van der Waals surface area (Å²) in [6.07, 6.45) is 0. The van der Waals surface area contributed by atoms with Crippen molar-refractivity contribution in [2.24, 2.45) is 0 Å². The molecule has 0 atom stereocenters. The number of carbonyl (C=O) groups is 1. The molecule has 0 N–H and O–H groups in total. The third kappa shape index (κ3) is 3.44. The summed E-state index contributed by atoms with van der Waals surface area (Å²) in [5, 5.41) is 0. The maximum Gasteiger partial charge on any atom is 0.338 e. The molecule has 6 nitrogen and oxygen atoms in total. The minimum Gasteiger partial charge on any atom is -0.497 e. The van der Waals surface area contributed by atoms with Crippen LogP contribution >= 0.6 is 0 Å². The van der Waals surface area contributed by atoms with Gasteiger partial charge < -0.3 is 14.2 Å². The summed E-state index contributed by atoms with van der Waals surface area (Å²) >= 11 is 0. The average Bonchev–Trinajstić information content (AvgIpc) is 3.04. The van der Waals surface area contributed by atoms with Crippen molar-refractivity contribution >= 4 is 17.0 Å². The quantitative estimate of drug-likeness (QED) is 0.624. The second-order valence-electron chi connectivity index (χ2n) is 5.34. The van der Waals surface area contributed by atoms with Gasteiger partial charge in [-0.1, -0.05) is 12.1 Å². The zero-order valence-electron chi connectivity index (χ0n) is 14.1. The van der Waals surface area contributed by atoms with Gasteiger partial charge in [-0.3, -0.25) is 4.57 Å². The van der Waals surface area contributed by atoms with Gasteiger partial charge in [0, 0.05) is 6.07 Å².